The third kappa shape index (κ3) is 3.63. The zero-order valence-electron chi connectivity index (χ0n) is 18.1. The number of amides is 2. The number of carbonyl (C=O) groups is 2. The minimum Gasteiger partial charge on any atom is -0.344 e. The molecule has 4 heterocycles. The van der Waals surface area contributed by atoms with Gasteiger partial charge in [-0.3, -0.25) is 14.3 Å². The third-order valence-electron chi connectivity index (χ3n) is 5.85. The second-order valence-electron chi connectivity index (χ2n) is 8.17. The van der Waals surface area contributed by atoms with Crippen LogP contribution in [0, 0.1) is 17.2 Å². The van der Waals surface area contributed by atoms with Gasteiger partial charge in [0.2, 0.25) is 5.91 Å². The Bertz CT molecular complexity index is 1510. The number of aromatic amines is 1. The highest BCUT2D eigenvalue weighted by molar-refractivity contribution is 6.42. The van der Waals surface area contributed by atoms with Crippen LogP contribution in [0.5, 0.6) is 0 Å². The Morgan fingerprint density at radius 3 is 2.76 bits per heavy atom. The Labute approximate surface area is 203 Å². The first kappa shape index (κ1) is 22.1. The van der Waals surface area contributed by atoms with Gasteiger partial charge in [0.25, 0.3) is 5.91 Å². The lowest BCUT2D eigenvalue weighted by Crippen LogP contribution is -2.55. The maximum Gasteiger partial charge on any atom is 0.255 e. The highest BCUT2D eigenvalue weighted by atomic mass is 35.5. The number of rotatable bonds is 4. The number of aryl methyl sites for hydroxylation is 1. The number of carbonyl (C=O) groups excluding carboxylic acids is 2. The molecule has 1 saturated heterocycles. The average molecular weight is 497 g/mol. The van der Waals surface area contributed by atoms with Crippen molar-refractivity contribution in [3.63, 3.8) is 0 Å². The molecule has 3 aromatic heterocycles. The van der Waals surface area contributed by atoms with Crippen LogP contribution in [-0.4, -0.2) is 60.6 Å². The molecule has 12 heteroatoms. The molecule has 1 aliphatic rings. The molecule has 2 N–H and O–H groups in total. The molecule has 10 nitrogen and oxygen atoms in total. The van der Waals surface area contributed by atoms with Crippen molar-refractivity contribution in [1.82, 2.24) is 34.9 Å². The summed E-state index contributed by atoms with van der Waals surface area (Å²) in [6.07, 6.45) is 3.07. The van der Waals surface area contributed by atoms with Crippen molar-refractivity contribution in [3.05, 3.63) is 40.1 Å². The molecule has 0 aliphatic carbocycles. The van der Waals surface area contributed by atoms with Gasteiger partial charge in [-0.25, -0.2) is 9.97 Å². The predicted molar refractivity (Wildman–Crippen MR) is 126 cm³/mol. The van der Waals surface area contributed by atoms with E-state index in [0.29, 0.717) is 45.7 Å². The van der Waals surface area contributed by atoms with Crippen molar-refractivity contribution < 1.29 is 9.59 Å². The summed E-state index contributed by atoms with van der Waals surface area (Å²) < 4.78 is 1.67. The van der Waals surface area contributed by atoms with Crippen LogP contribution in [0.1, 0.15) is 17.3 Å². The number of hydrogen-bond donors (Lipinski definition) is 2. The van der Waals surface area contributed by atoms with Gasteiger partial charge in [-0.05, 0) is 19.1 Å². The molecule has 0 bridgehead atoms. The van der Waals surface area contributed by atoms with E-state index in [0.717, 1.165) is 10.9 Å². The van der Waals surface area contributed by atoms with Crippen LogP contribution in [0.15, 0.2) is 24.5 Å². The van der Waals surface area contributed by atoms with E-state index >= 15 is 0 Å². The Morgan fingerprint density at radius 1 is 1.29 bits per heavy atom. The predicted octanol–water partition coefficient (Wildman–Crippen LogP) is 2.92. The average Bonchev–Trinajstić information content (AvgIpc) is 3.34. The van der Waals surface area contributed by atoms with Gasteiger partial charge in [-0.1, -0.05) is 23.2 Å². The Morgan fingerprint density at radius 2 is 2.03 bits per heavy atom. The number of nitrogens with zero attached hydrogens (tertiary/aromatic N) is 6. The van der Waals surface area contributed by atoms with E-state index in [1.165, 1.54) is 6.20 Å². The fraction of sp³-hybridized carbons (Fsp3) is 0.273. The normalized spacial score (nSPS) is 14.7. The summed E-state index contributed by atoms with van der Waals surface area (Å²) in [6.45, 7) is 2.37. The van der Waals surface area contributed by atoms with E-state index in [9.17, 15) is 9.59 Å². The lowest BCUT2D eigenvalue weighted by atomic mass is 10.0. The van der Waals surface area contributed by atoms with Gasteiger partial charge in [-0.2, -0.15) is 10.4 Å². The number of benzene rings is 1. The molecule has 2 amide bonds. The van der Waals surface area contributed by atoms with E-state index < -0.39 is 11.9 Å². The van der Waals surface area contributed by atoms with E-state index in [-0.39, 0.29) is 17.4 Å². The SMILES string of the molecule is C[C@@H](NC(=O)c1c[nH]c2ncc(-c3nn(C)c4cc(Cl)c(Cl)cc34)nc12)C(=O)N1CC(C#N)C1. The number of H-pyrrole nitrogens is 1. The van der Waals surface area contributed by atoms with Crippen LogP contribution in [0.2, 0.25) is 10.0 Å². The molecule has 0 saturated carbocycles. The maximum atomic E-state index is 13.0. The maximum absolute atomic E-state index is 13.0. The molecule has 4 aromatic rings. The summed E-state index contributed by atoms with van der Waals surface area (Å²) in [7, 11) is 1.78. The molecule has 1 fully saturated rings. The van der Waals surface area contributed by atoms with Gasteiger partial charge in [0.05, 0.1) is 39.3 Å². The van der Waals surface area contributed by atoms with Gasteiger partial charge in [0.15, 0.2) is 5.65 Å². The van der Waals surface area contributed by atoms with Crippen LogP contribution >= 0.6 is 23.2 Å². The highest BCUT2D eigenvalue weighted by Crippen LogP contribution is 2.33. The van der Waals surface area contributed by atoms with Gasteiger partial charge < -0.3 is 15.2 Å². The minimum atomic E-state index is -0.750. The van der Waals surface area contributed by atoms with Crippen LogP contribution in [0.25, 0.3) is 33.5 Å². The van der Waals surface area contributed by atoms with E-state index in [4.69, 9.17) is 28.5 Å². The van der Waals surface area contributed by atoms with Gasteiger partial charge in [-0.15, -0.1) is 0 Å². The molecule has 5 rings (SSSR count). The topological polar surface area (TPSA) is 133 Å². The van der Waals surface area contributed by atoms with Crippen molar-refractivity contribution in [2.75, 3.05) is 13.1 Å². The number of aromatic nitrogens is 5. The number of hydrogen-bond acceptors (Lipinski definition) is 6. The van der Waals surface area contributed by atoms with E-state index in [1.807, 2.05) is 0 Å². The summed E-state index contributed by atoms with van der Waals surface area (Å²) in [5, 5.41) is 17.7. The highest BCUT2D eigenvalue weighted by Gasteiger charge is 2.33. The quantitative estimate of drug-likeness (QED) is 0.446. The van der Waals surface area contributed by atoms with Crippen LogP contribution in [0.3, 0.4) is 0 Å². The van der Waals surface area contributed by atoms with Crippen LogP contribution in [-0.2, 0) is 11.8 Å². The molecule has 0 unspecified atom stereocenters. The molecule has 172 valence electrons. The zero-order valence-corrected chi connectivity index (χ0v) is 19.6. The number of nitrogens with one attached hydrogen (secondary N) is 2. The molecule has 0 radical (unpaired) electrons. The lowest BCUT2D eigenvalue weighted by Gasteiger charge is -2.37. The van der Waals surface area contributed by atoms with Crippen LogP contribution in [0.4, 0.5) is 0 Å². The van der Waals surface area contributed by atoms with Crippen LogP contribution < -0.4 is 5.32 Å². The summed E-state index contributed by atoms with van der Waals surface area (Å²) in [5.74, 6) is -0.846. The largest absolute Gasteiger partial charge is 0.344 e. The smallest absolute Gasteiger partial charge is 0.255 e. The first-order valence-electron chi connectivity index (χ1n) is 10.4. The van der Waals surface area contributed by atoms with Crippen molar-refractivity contribution in [1.29, 1.82) is 5.26 Å². The molecule has 1 aromatic carbocycles. The molecular formula is C22H18Cl2N8O2. The second-order valence-corrected chi connectivity index (χ2v) is 8.99. The Hall–Kier alpha value is -3.68. The number of halogens is 2. The molecule has 1 atom stereocenters. The van der Waals surface area contributed by atoms with Crippen molar-refractivity contribution in [2.45, 2.75) is 13.0 Å². The van der Waals surface area contributed by atoms with E-state index in [2.05, 4.69) is 31.4 Å². The number of nitriles is 1. The lowest BCUT2D eigenvalue weighted by molar-refractivity contribution is -0.137. The summed E-state index contributed by atoms with van der Waals surface area (Å²) in [5.41, 5.74) is 2.80. The first-order chi connectivity index (χ1) is 16.3. The van der Waals surface area contributed by atoms with Crippen molar-refractivity contribution in [2.24, 2.45) is 13.0 Å². The third-order valence-corrected chi connectivity index (χ3v) is 6.58. The van der Waals surface area contributed by atoms with Gasteiger partial charge in [0.1, 0.15) is 22.9 Å². The molecule has 1 aliphatic heterocycles. The number of fused-ring (bicyclic) bond motifs is 2. The van der Waals surface area contributed by atoms with Crippen molar-refractivity contribution >= 4 is 57.1 Å². The minimum absolute atomic E-state index is 0.150. The fourth-order valence-corrected chi connectivity index (χ4v) is 4.29. The first-order valence-corrected chi connectivity index (χ1v) is 11.2. The zero-order chi connectivity index (χ0) is 24.1. The monoisotopic (exact) mass is 496 g/mol. The Balaban J connectivity index is 1.44. The summed E-state index contributed by atoms with van der Waals surface area (Å²) >= 11 is 12.4. The molecule has 34 heavy (non-hydrogen) atoms. The van der Waals surface area contributed by atoms with E-state index in [1.54, 1.807) is 41.9 Å². The van der Waals surface area contributed by atoms with Gasteiger partial charge in [0, 0.05) is 31.7 Å². The molecular weight excluding hydrogens is 479 g/mol. The summed E-state index contributed by atoms with van der Waals surface area (Å²) in [4.78, 5) is 39.0. The van der Waals surface area contributed by atoms with Crippen molar-refractivity contribution in [3.8, 4) is 17.5 Å². The fourth-order valence-electron chi connectivity index (χ4n) is 3.97. The number of likely N-dealkylation sites (tertiary alicyclic amines) is 1. The second kappa shape index (κ2) is 8.27. The molecule has 0 spiro atoms. The standard InChI is InChI=1S/C22H18Cl2N8O2/c1-10(22(34)32-8-11(5-25)9-32)28-21(33)13-6-26-20-19(13)29-16(7-27-20)18-12-3-14(23)15(24)4-17(12)31(2)30-18/h3-4,6-7,10-11H,8-9H2,1-2H3,(H,26,27)(H,28,33)/t10-/m1/s1. The Kier molecular flexibility index (Phi) is 5.38. The van der Waals surface area contributed by atoms with Gasteiger partial charge >= 0.3 is 0 Å². The summed E-state index contributed by atoms with van der Waals surface area (Å²) in [6, 6.07) is 4.82.